The lowest BCUT2D eigenvalue weighted by Gasteiger charge is -2.08. The maximum absolute atomic E-state index is 5.44. The van der Waals surface area contributed by atoms with Crippen LogP contribution < -0.4 is 4.74 Å². The molecule has 3 rings (SSSR count). The third-order valence-corrected chi connectivity index (χ3v) is 3.55. The minimum Gasteiger partial charge on any atom is -0.496 e. The molecule has 0 aliphatic carbocycles. The maximum Gasteiger partial charge on any atom is 0.122 e. The summed E-state index contributed by atoms with van der Waals surface area (Å²) in [5.74, 6) is 0.958. The van der Waals surface area contributed by atoms with E-state index >= 15 is 0 Å². The molecule has 0 aliphatic rings. The van der Waals surface area contributed by atoms with E-state index in [1.54, 1.807) is 7.11 Å². The zero-order chi connectivity index (χ0) is 12.0. The van der Waals surface area contributed by atoms with Gasteiger partial charge in [-0.05, 0) is 37.1 Å². The van der Waals surface area contributed by atoms with Crippen LogP contribution in [0.1, 0.15) is 11.1 Å². The Labute approximate surface area is 100 Å². The van der Waals surface area contributed by atoms with Crippen molar-refractivity contribution in [2.45, 2.75) is 13.8 Å². The fourth-order valence-corrected chi connectivity index (χ4v) is 2.43. The molecule has 1 N–H and O–H groups in total. The Kier molecular flexibility index (Phi) is 2.11. The van der Waals surface area contributed by atoms with Crippen molar-refractivity contribution in [3.63, 3.8) is 0 Å². The number of methoxy groups -OCH3 is 1. The van der Waals surface area contributed by atoms with Crippen LogP contribution in [0.15, 0.2) is 30.3 Å². The van der Waals surface area contributed by atoms with Gasteiger partial charge in [-0.1, -0.05) is 18.2 Å². The molecular weight excluding hydrogens is 210 g/mol. The number of aryl methyl sites for hydroxylation is 1. The monoisotopic (exact) mass is 225 g/mol. The predicted molar refractivity (Wildman–Crippen MR) is 71.8 cm³/mol. The van der Waals surface area contributed by atoms with Crippen LogP contribution in [-0.2, 0) is 0 Å². The van der Waals surface area contributed by atoms with Gasteiger partial charge in [-0.3, -0.25) is 0 Å². The summed E-state index contributed by atoms with van der Waals surface area (Å²) in [5, 5.41) is 2.49. The van der Waals surface area contributed by atoms with E-state index in [1.807, 2.05) is 0 Å². The van der Waals surface area contributed by atoms with E-state index in [9.17, 15) is 0 Å². The average molecular weight is 225 g/mol. The molecule has 86 valence electrons. The van der Waals surface area contributed by atoms with Gasteiger partial charge >= 0.3 is 0 Å². The topological polar surface area (TPSA) is 25.0 Å². The van der Waals surface area contributed by atoms with Crippen molar-refractivity contribution in [3.05, 3.63) is 41.5 Å². The van der Waals surface area contributed by atoms with Crippen molar-refractivity contribution in [1.29, 1.82) is 0 Å². The van der Waals surface area contributed by atoms with E-state index in [0.29, 0.717) is 0 Å². The van der Waals surface area contributed by atoms with Crippen LogP contribution in [-0.4, -0.2) is 12.1 Å². The highest BCUT2D eigenvalue weighted by atomic mass is 16.5. The Hall–Kier alpha value is -1.96. The van der Waals surface area contributed by atoms with E-state index in [1.165, 1.54) is 32.9 Å². The SMILES string of the molecule is COc1cc2c([nH]c3ccccc32)c(C)c1C. The number of para-hydroxylation sites is 1. The van der Waals surface area contributed by atoms with E-state index in [-0.39, 0.29) is 0 Å². The van der Waals surface area contributed by atoms with Crippen LogP contribution in [0.4, 0.5) is 0 Å². The molecule has 17 heavy (non-hydrogen) atoms. The van der Waals surface area contributed by atoms with Crippen LogP contribution in [0, 0.1) is 13.8 Å². The van der Waals surface area contributed by atoms with E-state index < -0.39 is 0 Å². The molecule has 0 saturated carbocycles. The average Bonchev–Trinajstić information content (AvgIpc) is 2.72. The molecule has 0 aliphatic heterocycles. The van der Waals surface area contributed by atoms with Crippen LogP contribution >= 0.6 is 0 Å². The Morgan fingerprint density at radius 1 is 1.00 bits per heavy atom. The van der Waals surface area contributed by atoms with Gasteiger partial charge in [0.2, 0.25) is 0 Å². The van der Waals surface area contributed by atoms with Crippen molar-refractivity contribution in [2.75, 3.05) is 7.11 Å². The quantitative estimate of drug-likeness (QED) is 0.666. The van der Waals surface area contributed by atoms with Crippen LogP contribution in [0.25, 0.3) is 21.8 Å². The van der Waals surface area contributed by atoms with Crippen molar-refractivity contribution in [3.8, 4) is 5.75 Å². The first kappa shape index (κ1) is 10.2. The molecule has 0 saturated heterocycles. The number of rotatable bonds is 1. The molecule has 0 bridgehead atoms. The molecule has 0 fully saturated rings. The third-order valence-electron chi connectivity index (χ3n) is 3.55. The first-order valence-electron chi connectivity index (χ1n) is 5.77. The summed E-state index contributed by atoms with van der Waals surface area (Å²) < 4.78 is 5.44. The number of benzene rings is 2. The Morgan fingerprint density at radius 2 is 1.76 bits per heavy atom. The number of nitrogens with one attached hydrogen (secondary N) is 1. The van der Waals surface area contributed by atoms with Gasteiger partial charge in [0, 0.05) is 21.8 Å². The predicted octanol–water partition coefficient (Wildman–Crippen LogP) is 3.95. The van der Waals surface area contributed by atoms with Gasteiger partial charge < -0.3 is 9.72 Å². The van der Waals surface area contributed by atoms with Gasteiger partial charge in [0.25, 0.3) is 0 Å². The standard InChI is InChI=1S/C15H15NO/c1-9-10(2)15-12(8-14(9)17-3)11-6-4-5-7-13(11)16-15/h4-8,16H,1-3H3. The van der Waals surface area contributed by atoms with Gasteiger partial charge in [0.15, 0.2) is 0 Å². The Balaban J connectivity index is 2.54. The first-order valence-corrected chi connectivity index (χ1v) is 5.77. The fourth-order valence-electron chi connectivity index (χ4n) is 2.43. The van der Waals surface area contributed by atoms with Crippen molar-refractivity contribution in [1.82, 2.24) is 4.98 Å². The van der Waals surface area contributed by atoms with Crippen molar-refractivity contribution >= 4 is 21.8 Å². The Morgan fingerprint density at radius 3 is 2.53 bits per heavy atom. The summed E-state index contributed by atoms with van der Waals surface area (Å²) in [4.78, 5) is 3.48. The fraction of sp³-hybridized carbons (Fsp3) is 0.200. The summed E-state index contributed by atoms with van der Waals surface area (Å²) >= 11 is 0. The van der Waals surface area contributed by atoms with Crippen LogP contribution in [0.5, 0.6) is 5.75 Å². The van der Waals surface area contributed by atoms with Gasteiger partial charge in [0.1, 0.15) is 5.75 Å². The van der Waals surface area contributed by atoms with Crippen LogP contribution in [0.2, 0.25) is 0 Å². The number of H-pyrrole nitrogens is 1. The largest absolute Gasteiger partial charge is 0.496 e. The summed E-state index contributed by atoms with van der Waals surface area (Å²) in [6.07, 6.45) is 0. The molecule has 2 heteroatoms. The summed E-state index contributed by atoms with van der Waals surface area (Å²) in [6, 6.07) is 10.5. The summed E-state index contributed by atoms with van der Waals surface area (Å²) in [6.45, 7) is 4.23. The molecule has 0 amide bonds. The molecule has 2 aromatic carbocycles. The van der Waals surface area contributed by atoms with Crippen LogP contribution in [0.3, 0.4) is 0 Å². The number of fused-ring (bicyclic) bond motifs is 3. The minimum atomic E-state index is 0.958. The molecular formula is C15H15NO. The highest BCUT2D eigenvalue weighted by Gasteiger charge is 2.11. The number of hydrogen-bond donors (Lipinski definition) is 1. The van der Waals surface area contributed by atoms with Gasteiger partial charge in [-0.15, -0.1) is 0 Å². The lowest BCUT2D eigenvalue weighted by Crippen LogP contribution is -1.90. The van der Waals surface area contributed by atoms with Crippen molar-refractivity contribution < 1.29 is 4.74 Å². The first-order chi connectivity index (χ1) is 8.22. The number of aromatic amines is 1. The summed E-state index contributed by atoms with van der Waals surface area (Å²) in [5.41, 5.74) is 4.85. The molecule has 0 atom stereocenters. The molecule has 0 spiro atoms. The second-order valence-electron chi connectivity index (χ2n) is 4.42. The molecule has 0 radical (unpaired) electrons. The second-order valence-corrected chi connectivity index (χ2v) is 4.42. The van der Waals surface area contributed by atoms with E-state index in [2.05, 4.69) is 49.2 Å². The number of ether oxygens (including phenoxy) is 1. The van der Waals surface area contributed by atoms with Gasteiger partial charge in [-0.2, -0.15) is 0 Å². The molecule has 3 aromatic rings. The number of hydrogen-bond acceptors (Lipinski definition) is 1. The third kappa shape index (κ3) is 1.34. The highest BCUT2D eigenvalue weighted by Crippen LogP contribution is 2.34. The van der Waals surface area contributed by atoms with Crippen molar-refractivity contribution in [2.24, 2.45) is 0 Å². The zero-order valence-electron chi connectivity index (χ0n) is 10.3. The normalized spacial score (nSPS) is 11.2. The Bertz CT molecular complexity index is 710. The van der Waals surface area contributed by atoms with E-state index in [4.69, 9.17) is 4.74 Å². The summed E-state index contributed by atoms with van der Waals surface area (Å²) in [7, 11) is 1.72. The van der Waals surface area contributed by atoms with E-state index in [0.717, 1.165) is 5.75 Å². The lowest BCUT2D eigenvalue weighted by atomic mass is 10.0. The highest BCUT2D eigenvalue weighted by molar-refractivity contribution is 6.09. The molecule has 2 nitrogen and oxygen atoms in total. The molecule has 1 aromatic heterocycles. The van der Waals surface area contributed by atoms with Gasteiger partial charge in [0.05, 0.1) is 7.11 Å². The lowest BCUT2D eigenvalue weighted by molar-refractivity contribution is 0.412. The second kappa shape index (κ2) is 3.52. The number of aromatic nitrogens is 1. The molecule has 0 unspecified atom stereocenters. The zero-order valence-corrected chi connectivity index (χ0v) is 10.3. The van der Waals surface area contributed by atoms with Gasteiger partial charge in [-0.25, -0.2) is 0 Å². The molecule has 1 heterocycles. The smallest absolute Gasteiger partial charge is 0.122 e. The minimum absolute atomic E-state index is 0.958. The maximum atomic E-state index is 5.44.